The number of hydrogen-bond acceptors (Lipinski definition) is 6. The first-order valence-electron chi connectivity index (χ1n) is 11.3. The normalized spacial score (nSPS) is 20.5. The second kappa shape index (κ2) is 8.76. The summed E-state index contributed by atoms with van der Waals surface area (Å²) in [7, 11) is -3.42. The molecule has 166 valence electrons. The van der Waals surface area contributed by atoms with Crippen LogP contribution in [-0.2, 0) is 23.0 Å². The number of nitrogens with zero attached hydrogens (tertiary/aromatic N) is 4. The Morgan fingerprint density at radius 1 is 0.935 bits per heavy atom. The van der Waals surface area contributed by atoms with Crippen molar-refractivity contribution in [2.24, 2.45) is 0 Å². The molecular formula is C23H30N4O3S. The van der Waals surface area contributed by atoms with Gasteiger partial charge in [0.2, 0.25) is 10.0 Å². The summed E-state index contributed by atoms with van der Waals surface area (Å²) in [5, 5.41) is 0. The third kappa shape index (κ3) is 4.42. The molecule has 2 saturated heterocycles. The molecule has 5 rings (SSSR count). The SMILES string of the molecule is O=S(=O)(c1ccc(N2CCN(Cc3ccc4c(c3)CCO4)CC2)nc1)N1CCCCC1. The smallest absolute Gasteiger partial charge is 0.244 e. The second-order valence-electron chi connectivity index (χ2n) is 8.62. The lowest BCUT2D eigenvalue weighted by atomic mass is 10.1. The summed E-state index contributed by atoms with van der Waals surface area (Å²) in [6.07, 6.45) is 5.52. The summed E-state index contributed by atoms with van der Waals surface area (Å²) in [5.74, 6) is 1.89. The molecule has 0 spiro atoms. The largest absolute Gasteiger partial charge is 0.493 e. The number of sulfonamides is 1. The summed E-state index contributed by atoms with van der Waals surface area (Å²) in [5.41, 5.74) is 2.66. The van der Waals surface area contributed by atoms with Gasteiger partial charge in [0, 0.05) is 58.4 Å². The van der Waals surface area contributed by atoms with E-state index in [1.165, 1.54) is 17.3 Å². The van der Waals surface area contributed by atoms with Gasteiger partial charge >= 0.3 is 0 Å². The molecular weight excluding hydrogens is 412 g/mol. The van der Waals surface area contributed by atoms with E-state index in [1.807, 2.05) is 6.07 Å². The lowest BCUT2D eigenvalue weighted by molar-refractivity contribution is 0.249. The van der Waals surface area contributed by atoms with Gasteiger partial charge in [-0.2, -0.15) is 4.31 Å². The number of aromatic nitrogens is 1. The predicted molar refractivity (Wildman–Crippen MR) is 120 cm³/mol. The monoisotopic (exact) mass is 442 g/mol. The molecule has 0 radical (unpaired) electrons. The fraction of sp³-hybridized carbons (Fsp3) is 0.522. The second-order valence-corrected chi connectivity index (χ2v) is 10.6. The van der Waals surface area contributed by atoms with Crippen molar-refractivity contribution < 1.29 is 13.2 Å². The van der Waals surface area contributed by atoms with Crippen LogP contribution in [0.1, 0.15) is 30.4 Å². The lowest BCUT2D eigenvalue weighted by Gasteiger charge is -2.35. The maximum atomic E-state index is 12.8. The zero-order valence-corrected chi connectivity index (χ0v) is 18.7. The minimum Gasteiger partial charge on any atom is -0.493 e. The van der Waals surface area contributed by atoms with Crippen molar-refractivity contribution in [1.29, 1.82) is 0 Å². The Morgan fingerprint density at radius 2 is 1.74 bits per heavy atom. The molecule has 0 unspecified atom stereocenters. The van der Waals surface area contributed by atoms with E-state index >= 15 is 0 Å². The zero-order chi connectivity index (χ0) is 21.3. The molecule has 0 bridgehead atoms. The molecule has 1 aromatic heterocycles. The molecule has 8 heteroatoms. The highest BCUT2D eigenvalue weighted by Gasteiger charge is 2.27. The molecule has 1 aromatic carbocycles. The molecule has 2 fully saturated rings. The quantitative estimate of drug-likeness (QED) is 0.709. The van der Waals surface area contributed by atoms with Crippen LogP contribution in [-0.4, -0.2) is 68.5 Å². The van der Waals surface area contributed by atoms with Crippen LogP contribution in [0.3, 0.4) is 0 Å². The number of ether oxygens (including phenoxy) is 1. The van der Waals surface area contributed by atoms with Gasteiger partial charge in [0.1, 0.15) is 16.5 Å². The predicted octanol–water partition coefficient (Wildman–Crippen LogP) is 2.51. The number of rotatable bonds is 5. The fourth-order valence-corrected chi connectivity index (χ4v) is 6.16. The minimum absolute atomic E-state index is 0.303. The molecule has 0 aliphatic carbocycles. The Balaban J connectivity index is 1.18. The first kappa shape index (κ1) is 20.7. The summed E-state index contributed by atoms with van der Waals surface area (Å²) >= 11 is 0. The molecule has 3 aliphatic heterocycles. The van der Waals surface area contributed by atoms with Gasteiger partial charge in [0.15, 0.2) is 0 Å². The van der Waals surface area contributed by atoms with Gasteiger partial charge in [0.25, 0.3) is 0 Å². The van der Waals surface area contributed by atoms with Gasteiger partial charge in [0.05, 0.1) is 6.61 Å². The summed E-state index contributed by atoms with van der Waals surface area (Å²) in [6.45, 7) is 6.67. The maximum absolute atomic E-state index is 12.8. The highest BCUT2D eigenvalue weighted by molar-refractivity contribution is 7.89. The van der Waals surface area contributed by atoms with Crippen LogP contribution in [0.25, 0.3) is 0 Å². The summed E-state index contributed by atoms with van der Waals surface area (Å²) in [6, 6.07) is 10.1. The third-order valence-electron chi connectivity index (χ3n) is 6.53. The number of pyridine rings is 1. The molecule has 2 aromatic rings. The zero-order valence-electron chi connectivity index (χ0n) is 17.9. The molecule has 0 saturated carbocycles. The van der Waals surface area contributed by atoms with Crippen molar-refractivity contribution in [2.45, 2.75) is 37.1 Å². The van der Waals surface area contributed by atoms with Gasteiger partial charge in [-0.05, 0) is 42.2 Å². The van der Waals surface area contributed by atoms with Crippen molar-refractivity contribution in [3.8, 4) is 5.75 Å². The van der Waals surface area contributed by atoms with Crippen LogP contribution < -0.4 is 9.64 Å². The van der Waals surface area contributed by atoms with Gasteiger partial charge in [-0.3, -0.25) is 4.90 Å². The van der Waals surface area contributed by atoms with Gasteiger partial charge in [-0.25, -0.2) is 13.4 Å². The third-order valence-corrected chi connectivity index (χ3v) is 8.41. The van der Waals surface area contributed by atoms with Crippen molar-refractivity contribution in [2.75, 3.05) is 50.8 Å². The lowest BCUT2D eigenvalue weighted by Crippen LogP contribution is -2.46. The van der Waals surface area contributed by atoms with Crippen molar-refractivity contribution in [1.82, 2.24) is 14.2 Å². The van der Waals surface area contributed by atoms with E-state index in [9.17, 15) is 8.42 Å². The first-order chi connectivity index (χ1) is 15.1. The Morgan fingerprint density at radius 3 is 2.48 bits per heavy atom. The van der Waals surface area contributed by atoms with E-state index in [2.05, 4.69) is 33.0 Å². The molecule has 0 atom stereocenters. The van der Waals surface area contributed by atoms with Crippen molar-refractivity contribution in [3.05, 3.63) is 47.7 Å². The topological polar surface area (TPSA) is 66.0 Å². The average Bonchev–Trinajstić information content (AvgIpc) is 3.28. The molecule has 7 nitrogen and oxygen atoms in total. The van der Waals surface area contributed by atoms with Crippen LogP contribution in [0.2, 0.25) is 0 Å². The Bertz CT molecular complexity index is 1010. The minimum atomic E-state index is -3.42. The maximum Gasteiger partial charge on any atom is 0.244 e. The Kier molecular flexibility index (Phi) is 5.86. The summed E-state index contributed by atoms with van der Waals surface area (Å²) in [4.78, 5) is 9.50. The van der Waals surface area contributed by atoms with E-state index in [-0.39, 0.29) is 0 Å². The molecule has 0 amide bonds. The number of fused-ring (bicyclic) bond motifs is 1. The molecule has 4 heterocycles. The van der Waals surface area contributed by atoms with E-state index < -0.39 is 10.0 Å². The molecule has 31 heavy (non-hydrogen) atoms. The standard InChI is InChI=1S/C23H30N4O3S/c28-31(29,27-9-2-1-3-10-27)21-5-7-23(24-17-21)26-13-11-25(12-14-26)18-19-4-6-22-20(16-19)8-15-30-22/h4-7,16-17H,1-3,8-15,18H2. The van der Waals surface area contributed by atoms with E-state index in [0.717, 1.165) is 76.6 Å². The number of benzene rings is 1. The van der Waals surface area contributed by atoms with Gasteiger partial charge < -0.3 is 9.64 Å². The van der Waals surface area contributed by atoms with Crippen molar-refractivity contribution in [3.63, 3.8) is 0 Å². The highest BCUT2D eigenvalue weighted by atomic mass is 32.2. The van der Waals surface area contributed by atoms with Crippen LogP contribution in [0, 0.1) is 0 Å². The first-order valence-corrected chi connectivity index (χ1v) is 12.7. The Hall–Kier alpha value is -2.16. The fourth-order valence-electron chi connectivity index (χ4n) is 4.70. The van der Waals surface area contributed by atoms with Crippen molar-refractivity contribution >= 4 is 15.8 Å². The number of hydrogen-bond donors (Lipinski definition) is 0. The van der Waals surface area contributed by atoms with E-state index in [4.69, 9.17) is 4.74 Å². The number of piperazine rings is 1. The molecule has 0 N–H and O–H groups in total. The van der Waals surface area contributed by atoms with Crippen LogP contribution in [0.15, 0.2) is 41.4 Å². The highest BCUT2D eigenvalue weighted by Crippen LogP contribution is 2.27. The van der Waals surface area contributed by atoms with E-state index in [1.54, 1.807) is 10.4 Å². The van der Waals surface area contributed by atoms with Gasteiger partial charge in [-0.15, -0.1) is 0 Å². The number of piperidine rings is 1. The summed E-state index contributed by atoms with van der Waals surface area (Å²) < 4.78 is 32.8. The van der Waals surface area contributed by atoms with Crippen LogP contribution >= 0.6 is 0 Å². The van der Waals surface area contributed by atoms with Crippen LogP contribution in [0.4, 0.5) is 5.82 Å². The van der Waals surface area contributed by atoms with E-state index in [0.29, 0.717) is 18.0 Å². The van der Waals surface area contributed by atoms with Gasteiger partial charge in [-0.1, -0.05) is 18.6 Å². The average molecular weight is 443 g/mol. The molecule has 3 aliphatic rings. The number of anilines is 1. The van der Waals surface area contributed by atoms with Crippen LogP contribution in [0.5, 0.6) is 5.75 Å². The Labute approximate surface area is 184 Å².